The van der Waals surface area contributed by atoms with E-state index in [1.54, 1.807) is 12.1 Å². The predicted octanol–water partition coefficient (Wildman–Crippen LogP) is -5.15. The van der Waals surface area contributed by atoms with E-state index in [9.17, 15) is 4.39 Å². The molecule has 1 rings (SSSR count). The molecule has 0 unspecified atom stereocenters. The van der Waals surface area contributed by atoms with Crippen LogP contribution in [-0.4, -0.2) is 28.0 Å². The molecule has 0 saturated carbocycles. The summed E-state index contributed by atoms with van der Waals surface area (Å²) in [5.41, 5.74) is 0. The van der Waals surface area contributed by atoms with Crippen molar-refractivity contribution in [3.63, 3.8) is 0 Å². The molecule has 0 amide bonds. The van der Waals surface area contributed by atoms with E-state index in [0.717, 1.165) is 0 Å². The van der Waals surface area contributed by atoms with E-state index in [0.29, 0.717) is 0 Å². The molecule has 0 aliphatic rings. The molecule has 1 aromatic rings. The second-order valence-electron chi connectivity index (χ2n) is 1.15. The van der Waals surface area contributed by atoms with Gasteiger partial charge in [0, 0.05) is 6.20 Å². The number of halogens is 3. The van der Waals surface area contributed by atoms with E-state index < -0.39 is 5.95 Å². The van der Waals surface area contributed by atoms with Crippen LogP contribution in [-0.2, 0) is 0 Å². The second kappa shape index (κ2) is 9.43. The van der Waals surface area contributed by atoms with E-state index in [2.05, 4.69) is 4.98 Å². The van der Waals surface area contributed by atoms with Gasteiger partial charge in [-0.2, -0.15) is 4.39 Å². The molecule has 5 heteroatoms. The van der Waals surface area contributed by atoms with Gasteiger partial charge in [0.25, 0.3) is 0 Å². The smallest absolute Gasteiger partial charge is 1.00 e. The Labute approximate surface area is 87.4 Å². The molecule has 0 atom stereocenters. The van der Waals surface area contributed by atoms with Crippen LogP contribution in [0, 0.1) is 5.95 Å². The van der Waals surface area contributed by atoms with Crippen molar-refractivity contribution in [1.82, 2.24) is 4.98 Å². The number of hydrogen-bond donors (Lipinski definition) is 0. The van der Waals surface area contributed by atoms with Gasteiger partial charge >= 0.3 is 23.1 Å². The molecular weight excluding hydrogens is 188 g/mol. The summed E-state index contributed by atoms with van der Waals surface area (Å²) >= 11 is 0. The van der Waals surface area contributed by atoms with Crippen molar-refractivity contribution < 1.29 is 29.2 Å². The second-order valence-corrected chi connectivity index (χ2v) is 1.15. The average Bonchev–Trinajstić information content (AvgIpc) is 1.69. The summed E-state index contributed by atoms with van der Waals surface area (Å²) in [5, 5.41) is 0. The van der Waals surface area contributed by atoms with Crippen molar-refractivity contribution in [2.45, 2.75) is 0 Å². The van der Waals surface area contributed by atoms with Gasteiger partial charge in [0.2, 0.25) is 5.95 Å². The first-order chi connectivity index (χ1) is 3.39. The van der Waals surface area contributed by atoms with Crippen LogP contribution in [0.2, 0.25) is 0 Å². The maximum absolute atomic E-state index is 11.8. The third-order valence-electron chi connectivity index (χ3n) is 0.629. The minimum atomic E-state index is -0.428. The molecule has 0 fully saturated rings. The van der Waals surface area contributed by atoms with Crippen molar-refractivity contribution in [2.75, 3.05) is 0 Å². The quantitative estimate of drug-likeness (QED) is 0.296. The minimum absolute atomic E-state index is 0. The minimum Gasteiger partial charge on any atom is -1.00 e. The first-order valence-electron chi connectivity index (χ1n) is 1.96. The standard InChI is InChI=1S/C5H4FN.2ClH.Mg/c6-5-3-1-2-4-7-5;;;/h1-4H;2*1H;/q;;;+2/p-2. The SMILES string of the molecule is Fc1ccccn1.[Cl-].[Cl-].[Mg+2]. The van der Waals surface area contributed by atoms with Gasteiger partial charge in [-0.3, -0.25) is 0 Å². The number of pyridine rings is 1. The Kier molecular flexibility index (Phi) is 15.8. The Morgan fingerprint density at radius 1 is 1.20 bits per heavy atom. The summed E-state index contributed by atoms with van der Waals surface area (Å²) in [7, 11) is 0. The van der Waals surface area contributed by atoms with E-state index in [1.807, 2.05) is 0 Å². The number of aromatic nitrogens is 1. The normalized spacial score (nSPS) is 6.10. The van der Waals surface area contributed by atoms with Crippen molar-refractivity contribution >= 4 is 23.1 Å². The Morgan fingerprint density at radius 3 is 2.00 bits per heavy atom. The Bertz CT molecular complexity index is 150. The maximum Gasteiger partial charge on any atom is 2.00 e. The third-order valence-corrected chi connectivity index (χ3v) is 0.629. The Hall–Kier alpha value is 0.426. The monoisotopic (exact) mass is 191 g/mol. The summed E-state index contributed by atoms with van der Waals surface area (Å²) < 4.78 is 11.8. The Balaban J connectivity index is -0.000000163. The molecule has 1 nitrogen and oxygen atoms in total. The van der Waals surface area contributed by atoms with Gasteiger partial charge in [-0.1, -0.05) is 6.07 Å². The van der Waals surface area contributed by atoms with Crippen LogP contribution in [0.25, 0.3) is 0 Å². The van der Waals surface area contributed by atoms with Gasteiger partial charge in [-0.05, 0) is 12.1 Å². The van der Waals surface area contributed by atoms with Gasteiger partial charge in [0.1, 0.15) is 0 Å². The number of hydrogen-bond acceptors (Lipinski definition) is 1. The molecule has 0 N–H and O–H groups in total. The fourth-order valence-corrected chi connectivity index (χ4v) is 0.342. The Morgan fingerprint density at radius 2 is 1.80 bits per heavy atom. The molecule has 0 aliphatic carbocycles. The third kappa shape index (κ3) is 6.54. The zero-order chi connectivity index (χ0) is 5.11. The summed E-state index contributed by atoms with van der Waals surface area (Å²) in [6.45, 7) is 0. The summed E-state index contributed by atoms with van der Waals surface area (Å²) in [5.74, 6) is -0.428. The van der Waals surface area contributed by atoms with Crippen molar-refractivity contribution in [3.05, 3.63) is 30.3 Å². The molecule has 1 aromatic heterocycles. The fraction of sp³-hybridized carbons (Fsp3) is 0. The van der Waals surface area contributed by atoms with Crippen LogP contribution >= 0.6 is 0 Å². The molecule has 10 heavy (non-hydrogen) atoms. The van der Waals surface area contributed by atoms with Crippen molar-refractivity contribution in [1.29, 1.82) is 0 Å². The molecule has 0 radical (unpaired) electrons. The van der Waals surface area contributed by atoms with Crippen LogP contribution in [0.15, 0.2) is 24.4 Å². The van der Waals surface area contributed by atoms with Gasteiger partial charge in [0.05, 0.1) is 0 Å². The molecular formula is C5H4Cl2FMgN. The van der Waals surface area contributed by atoms with Gasteiger partial charge in [-0.15, -0.1) is 0 Å². The van der Waals surface area contributed by atoms with Crippen LogP contribution < -0.4 is 24.8 Å². The molecule has 1 heterocycles. The van der Waals surface area contributed by atoms with E-state index in [-0.39, 0.29) is 47.9 Å². The van der Waals surface area contributed by atoms with Gasteiger partial charge in [-0.25, -0.2) is 4.98 Å². The molecule has 0 spiro atoms. The van der Waals surface area contributed by atoms with Gasteiger partial charge in [0.15, 0.2) is 0 Å². The van der Waals surface area contributed by atoms with Crippen LogP contribution in [0.1, 0.15) is 0 Å². The average molecular weight is 192 g/mol. The largest absolute Gasteiger partial charge is 2.00 e. The zero-order valence-corrected chi connectivity index (χ0v) is 8.02. The fourth-order valence-electron chi connectivity index (χ4n) is 0.342. The maximum atomic E-state index is 11.8. The van der Waals surface area contributed by atoms with Gasteiger partial charge < -0.3 is 24.8 Å². The van der Waals surface area contributed by atoms with E-state index >= 15 is 0 Å². The molecule has 0 bridgehead atoms. The predicted molar refractivity (Wildman–Crippen MR) is 29.9 cm³/mol. The summed E-state index contributed by atoms with van der Waals surface area (Å²) in [6, 6.07) is 4.57. The van der Waals surface area contributed by atoms with Crippen LogP contribution in [0.4, 0.5) is 4.39 Å². The summed E-state index contributed by atoms with van der Waals surface area (Å²) in [4.78, 5) is 3.31. The molecule has 0 aromatic carbocycles. The van der Waals surface area contributed by atoms with E-state index in [1.165, 1.54) is 12.3 Å². The topological polar surface area (TPSA) is 12.9 Å². The molecule has 0 saturated heterocycles. The first-order valence-corrected chi connectivity index (χ1v) is 1.96. The molecule has 52 valence electrons. The number of nitrogens with zero attached hydrogens (tertiary/aromatic N) is 1. The zero-order valence-electron chi connectivity index (χ0n) is 5.10. The van der Waals surface area contributed by atoms with Crippen molar-refractivity contribution in [2.24, 2.45) is 0 Å². The van der Waals surface area contributed by atoms with Crippen molar-refractivity contribution in [3.8, 4) is 0 Å². The van der Waals surface area contributed by atoms with Crippen LogP contribution in [0.3, 0.4) is 0 Å². The van der Waals surface area contributed by atoms with Crippen LogP contribution in [0.5, 0.6) is 0 Å². The number of rotatable bonds is 0. The van der Waals surface area contributed by atoms with E-state index in [4.69, 9.17) is 0 Å². The molecule has 0 aliphatic heterocycles. The summed E-state index contributed by atoms with van der Waals surface area (Å²) in [6.07, 6.45) is 1.41. The first kappa shape index (κ1) is 16.8.